The van der Waals surface area contributed by atoms with Crippen LogP contribution in [0.2, 0.25) is 0 Å². The van der Waals surface area contributed by atoms with Crippen molar-refractivity contribution in [3.63, 3.8) is 0 Å². The fraction of sp³-hybridized carbons (Fsp3) is 0.900. The molecule has 2 unspecified atom stereocenters. The summed E-state index contributed by atoms with van der Waals surface area (Å²) in [6.45, 7) is 3.38. The van der Waals surface area contributed by atoms with Crippen molar-refractivity contribution in [1.29, 1.82) is 0 Å². The van der Waals surface area contributed by atoms with E-state index in [4.69, 9.17) is 9.47 Å². The van der Waals surface area contributed by atoms with Crippen LogP contribution in [0.4, 0.5) is 0 Å². The Morgan fingerprint density at radius 1 is 1.53 bits per heavy atom. The van der Waals surface area contributed by atoms with Crippen LogP contribution in [0.25, 0.3) is 0 Å². The predicted molar refractivity (Wildman–Crippen MR) is 56.4 cm³/mol. The van der Waals surface area contributed by atoms with Gasteiger partial charge < -0.3 is 20.1 Å². The lowest BCUT2D eigenvalue weighted by Crippen LogP contribution is -2.46. The SMILES string of the molecule is COC(CNC(=O)C1NCCC1C)OC. The van der Waals surface area contributed by atoms with Crippen LogP contribution in [0.1, 0.15) is 13.3 Å². The topological polar surface area (TPSA) is 59.6 Å². The van der Waals surface area contributed by atoms with Crippen molar-refractivity contribution in [3.05, 3.63) is 0 Å². The minimum atomic E-state index is -0.370. The Labute approximate surface area is 90.5 Å². The number of rotatable bonds is 5. The summed E-state index contributed by atoms with van der Waals surface area (Å²) in [5.41, 5.74) is 0. The lowest BCUT2D eigenvalue weighted by molar-refractivity contribution is -0.129. The molecular formula is C10H20N2O3. The van der Waals surface area contributed by atoms with Gasteiger partial charge in [-0.2, -0.15) is 0 Å². The Balaban J connectivity index is 2.29. The highest BCUT2D eigenvalue weighted by Gasteiger charge is 2.29. The second kappa shape index (κ2) is 6.05. The maximum Gasteiger partial charge on any atom is 0.237 e. The number of methoxy groups -OCH3 is 2. The maximum absolute atomic E-state index is 11.7. The van der Waals surface area contributed by atoms with Gasteiger partial charge in [-0.25, -0.2) is 0 Å². The van der Waals surface area contributed by atoms with Crippen LogP contribution in [-0.4, -0.2) is 45.5 Å². The second-order valence-electron chi connectivity index (χ2n) is 3.84. The van der Waals surface area contributed by atoms with Crippen LogP contribution in [0.3, 0.4) is 0 Å². The molecule has 1 saturated heterocycles. The number of ether oxygens (including phenoxy) is 2. The summed E-state index contributed by atoms with van der Waals surface area (Å²) in [6.07, 6.45) is 0.682. The molecule has 0 aromatic heterocycles. The van der Waals surface area contributed by atoms with Gasteiger partial charge in [0.25, 0.3) is 0 Å². The van der Waals surface area contributed by atoms with Gasteiger partial charge in [0.15, 0.2) is 6.29 Å². The van der Waals surface area contributed by atoms with Crippen molar-refractivity contribution in [1.82, 2.24) is 10.6 Å². The zero-order valence-corrected chi connectivity index (χ0v) is 9.58. The van der Waals surface area contributed by atoms with E-state index in [1.165, 1.54) is 0 Å². The molecule has 1 aliphatic rings. The number of nitrogens with one attached hydrogen (secondary N) is 2. The number of hydrogen-bond donors (Lipinski definition) is 2. The molecule has 0 saturated carbocycles. The van der Waals surface area contributed by atoms with E-state index < -0.39 is 0 Å². The number of amides is 1. The third-order valence-corrected chi connectivity index (χ3v) is 2.78. The summed E-state index contributed by atoms with van der Waals surface area (Å²) in [6, 6.07) is -0.0700. The first-order valence-electron chi connectivity index (χ1n) is 5.25. The first-order chi connectivity index (χ1) is 7.19. The molecule has 0 bridgehead atoms. The molecule has 0 spiro atoms. The average molecular weight is 216 g/mol. The third kappa shape index (κ3) is 3.44. The first-order valence-corrected chi connectivity index (χ1v) is 5.25. The first kappa shape index (κ1) is 12.4. The Morgan fingerprint density at radius 2 is 2.20 bits per heavy atom. The van der Waals surface area contributed by atoms with Gasteiger partial charge in [0.1, 0.15) is 0 Å². The van der Waals surface area contributed by atoms with E-state index in [-0.39, 0.29) is 18.2 Å². The van der Waals surface area contributed by atoms with E-state index in [0.29, 0.717) is 12.5 Å². The molecule has 0 aliphatic carbocycles. The Kier molecular flexibility index (Phi) is 5.01. The second-order valence-corrected chi connectivity index (χ2v) is 3.84. The van der Waals surface area contributed by atoms with E-state index in [1.54, 1.807) is 14.2 Å². The Morgan fingerprint density at radius 3 is 2.67 bits per heavy atom. The lowest BCUT2D eigenvalue weighted by atomic mass is 10.0. The summed E-state index contributed by atoms with van der Waals surface area (Å²) < 4.78 is 9.96. The number of hydrogen-bond acceptors (Lipinski definition) is 4. The Hall–Kier alpha value is -0.650. The fourth-order valence-electron chi connectivity index (χ4n) is 1.74. The summed E-state index contributed by atoms with van der Waals surface area (Å²) in [7, 11) is 3.10. The molecule has 5 nitrogen and oxygen atoms in total. The molecule has 1 rings (SSSR count). The average Bonchev–Trinajstić information content (AvgIpc) is 2.66. The summed E-state index contributed by atoms with van der Waals surface area (Å²) in [5, 5.41) is 5.98. The van der Waals surface area contributed by atoms with Crippen molar-refractivity contribution < 1.29 is 14.3 Å². The molecule has 88 valence electrons. The minimum Gasteiger partial charge on any atom is -0.354 e. The molecule has 2 atom stereocenters. The standard InChI is InChI=1S/C10H20N2O3/c1-7-4-5-11-9(7)10(13)12-6-8(14-2)15-3/h7-9,11H,4-6H2,1-3H3,(H,12,13). The number of carbonyl (C=O) groups excluding carboxylic acids is 1. The molecule has 1 fully saturated rings. The summed E-state index contributed by atoms with van der Waals surface area (Å²) in [4.78, 5) is 11.7. The van der Waals surface area contributed by atoms with E-state index in [1.807, 2.05) is 0 Å². The quantitative estimate of drug-likeness (QED) is 0.621. The molecule has 15 heavy (non-hydrogen) atoms. The van der Waals surface area contributed by atoms with Gasteiger partial charge >= 0.3 is 0 Å². The van der Waals surface area contributed by atoms with Gasteiger partial charge in [0.2, 0.25) is 5.91 Å². The normalized spacial score (nSPS) is 25.9. The maximum atomic E-state index is 11.7. The summed E-state index contributed by atoms with van der Waals surface area (Å²) in [5.74, 6) is 0.424. The highest BCUT2D eigenvalue weighted by atomic mass is 16.7. The number of carbonyl (C=O) groups is 1. The van der Waals surface area contributed by atoms with Crippen molar-refractivity contribution >= 4 is 5.91 Å². The van der Waals surface area contributed by atoms with Crippen molar-refractivity contribution in [2.24, 2.45) is 5.92 Å². The fourth-order valence-corrected chi connectivity index (χ4v) is 1.74. The molecule has 5 heteroatoms. The van der Waals surface area contributed by atoms with Crippen LogP contribution in [0, 0.1) is 5.92 Å². The summed E-state index contributed by atoms with van der Waals surface area (Å²) >= 11 is 0. The van der Waals surface area contributed by atoms with Crippen molar-refractivity contribution in [2.45, 2.75) is 25.7 Å². The van der Waals surface area contributed by atoms with E-state index in [0.717, 1.165) is 13.0 Å². The third-order valence-electron chi connectivity index (χ3n) is 2.78. The van der Waals surface area contributed by atoms with Crippen molar-refractivity contribution in [2.75, 3.05) is 27.3 Å². The van der Waals surface area contributed by atoms with Gasteiger partial charge in [-0.05, 0) is 18.9 Å². The van der Waals surface area contributed by atoms with Crippen LogP contribution >= 0.6 is 0 Å². The zero-order valence-electron chi connectivity index (χ0n) is 9.58. The molecule has 1 heterocycles. The monoisotopic (exact) mass is 216 g/mol. The van der Waals surface area contributed by atoms with Crippen LogP contribution in [-0.2, 0) is 14.3 Å². The van der Waals surface area contributed by atoms with Gasteiger partial charge in [-0.3, -0.25) is 4.79 Å². The smallest absolute Gasteiger partial charge is 0.237 e. The largest absolute Gasteiger partial charge is 0.354 e. The molecule has 0 aromatic rings. The highest BCUT2D eigenvalue weighted by Crippen LogP contribution is 2.14. The van der Waals surface area contributed by atoms with Gasteiger partial charge in [-0.1, -0.05) is 6.92 Å². The predicted octanol–water partition coefficient (Wildman–Crippen LogP) is -0.280. The molecule has 0 radical (unpaired) electrons. The van der Waals surface area contributed by atoms with Crippen molar-refractivity contribution in [3.8, 4) is 0 Å². The zero-order chi connectivity index (χ0) is 11.3. The molecule has 1 aliphatic heterocycles. The molecule has 1 amide bonds. The van der Waals surface area contributed by atoms with Gasteiger partial charge in [0, 0.05) is 14.2 Å². The van der Waals surface area contributed by atoms with Gasteiger partial charge in [0.05, 0.1) is 12.6 Å². The van der Waals surface area contributed by atoms with Gasteiger partial charge in [-0.15, -0.1) is 0 Å². The lowest BCUT2D eigenvalue weighted by Gasteiger charge is -2.18. The Bertz CT molecular complexity index is 207. The minimum absolute atomic E-state index is 0.0269. The molecular weight excluding hydrogens is 196 g/mol. The van der Waals surface area contributed by atoms with E-state index >= 15 is 0 Å². The van der Waals surface area contributed by atoms with E-state index in [9.17, 15) is 4.79 Å². The highest BCUT2D eigenvalue weighted by molar-refractivity contribution is 5.82. The molecule has 2 N–H and O–H groups in total. The van der Waals surface area contributed by atoms with Crippen LogP contribution < -0.4 is 10.6 Å². The van der Waals surface area contributed by atoms with Crippen LogP contribution in [0.5, 0.6) is 0 Å². The van der Waals surface area contributed by atoms with E-state index in [2.05, 4.69) is 17.6 Å². The molecule has 0 aromatic carbocycles. The van der Waals surface area contributed by atoms with Crippen LogP contribution in [0.15, 0.2) is 0 Å².